The van der Waals surface area contributed by atoms with Gasteiger partial charge in [0, 0.05) is 36.1 Å². The minimum Gasteiger partial charge on any atom is -0.310 e. The lowest BCUT2D eigenvalue weighted by Gasteiger charge is -2.12. The van der Waals surface area contributed by atoms with Gasteiger partial charge in [-0.1, -0.05) is 37.1 Å². The molecule has 0 amide bonds. The maximum absolute atomic E-state index is 4.46. The molecular weight excluding hydrogens is 246 g/mol. The molecule has 20 heavy (non-hydrogen) atoms. The van der Waals surface area contributed by atoms with Crippen molar-refractivity contribution < 1.29 is 0 Å². The van der Waals surface area contributed by atoms with E-state index in [1.807, 2.05) is 24.5 Å². The van der Waals surface area contributed by atoms with E-state index in [-0.39, 0.29) is 0 Å². The summed E-state index contributed by atoms with van der Waals surface area (Å²) in [4.78, 5) is 8.93. The summed E-state index contributed by atoms with van der Waals surface area (Å²) in [6.45, 7) is 7.33. The summed E-state index contributed by atoms with van der Waals surface area (Å²) in [5, 5.41) is 3.49. The van der Waals surface area contributed by atoms with Crippen LogP contribution >= 0.6 is 0 Å². The summed E-state index contributed by atoms with van der Waals surface area (Å²) in [5.41, 5.74) is 3.43. The van der Waals surface area contributed by atoms with E-state index in [4.69, 9.17) is 0 Å². The Balaban J connectivity index is 1.99. The largest absolute Gasteiger partial charge is 0.310 e. The number of hydrogen-bond donors (Lipinski definition) is 1. The van der Waals surface area contributed by atoms with Crippen molar-refractivity contribution in [3.05, 3.63) is 47.8 Å². The average Bonchev–Trinajstić information content (AvgIpc) is 2.46. The van der Waals surface area contributed by atoms with Gasteiger partial charge in [0.25, 0.3) is 0 Å². The van der Waals surface area contributed by atoms with Crippen LogP contribution in [0.4, 0.5) is 0 Å². The van der Waals surface area contributed by atoms with Crippen LogP contribution in [0, 0.1) is 6.92 Å². The zero-order chi connectivity index (χ0) is 14.4. The third-order valence-corrected chi connectivity index (χ3v) is 3.36. The second-order valence-electron chi connectivity index (χ2n) is 5.36. The van der Waals surface area contributed by atoms with Gasteiger partial charge >= 0.3 is 0 Å². The van der Waals surface area contributed by atoms with Crippen LogP contribution in [0.15, 0.2) is 36.7 Å². The van der Waals surface area contributed by atoms with Gasteiger partial charge in [0.1, 0.15) is 0 Å². The van der Waals surface area contributed by atoms with Crippen molar-refractivity contribution >= 4 is 0 Å². The lowest BCUT2D eigenvalue weighted by molar-refractivity contribution is 0.507. The molecular formula is C17H23N3. The summed E-state index contributed by atoms with van der Waals surface area (Å²) in [6, 6.07) is 8.81. The highest BCUT2D eigenvalue weighted by Gasteiger charge is 2.03. The van der Waals surface area contributed by atoms with E-state index in [9.17, 15) is 0 Å². The number of aryl methyl sites for hydroxylation is 1. The van der Waals surface area contributed by atoms with Crippen LogP contribution in [0.1, 0.15) is 37.8 Å². The fourth-order valence-corrected chi connectivity index (χ4v) is 2.21. The van der Waals surface area contributed by atoms with Crippen LogP contribution in [-0.4, -0.2) is 16.0 Å². The predicted octanol–water partition coefficient (Wildman–Crippen LogP) is 3.73. The van der Waals surface area contributed by atoms with Crippen molar-refractivity contribution in [2.75, 3.05) is 0 Å². The molecule has 1 atom stereocenters. The van der Waals surface area contributed by atoms with E-state index in [2.05, 4.69) is 48.2 Å². The first kappa shape index (κ1) is 14.7. The third kappa shape index (κ3) is 4.14. The van der Waals surface area contributed by atoms with Crippen LogP contribution in [0.3, 0.4) is 0 Å². The van der Waals surface area contributed by atoms with Gasteiger partial charge in [-0.05, 0) is 26.3 Å². The molecule has 2 aromatic rings. The Kier molecular flexibility index (Phi) is 5.24. The van der Waals surface area contributed by atoms with Crippen molar-refractivity contribution in [3.8, 4) is 11.4 Å². The van der Waals surface area contributed by atoms with Crippen LogP contribution in [-0.2, 0) is 6.54 Å². The number of aromatic nitrogens is 2. The standard InChI is InChI=1S/C17H23N3/c1-4-6-14(3)18-10-15-11-19-17(20-12-15)16-8-5-7-13(2)9-16/h5,7-9,11-12,14,18H,4,6,10H2,1-3H3/t14-/m0/s1. The molecule has 0 spiro atoms. The molecule has 0 fully saturated rings. The smallest absolute Gasteiger partial charge is 0.159 e. The zero-order valence-corrected chi connectivity index (χ0v) is 12.6. The second-order valence-corrected chi connectivity index (χ2v) is 5.36. The predicted molar refractivity (Wildman–Crippen MR) is 83.4 cm³/mol. The van der Waals surface area contributed by atoms with Gasteiger partial charge in [-0.25, -0.2) is 9.97 Å². The second kappa shape index (κ2) is 7.15. The minimum absolute atomic E-state index is 0.538. The molecule has 0 saturated heterocycles. The van der Waals surface area contributed by atoms with Gasteiger partial charge in [-0.3, -0.25) is 0 Å². The maximum atomic E-state index is 4.46. The molecule has 2 rings (SSSR count). The minimum atomic E-state index is 0.538. The number of hydrogen-bond acceptors (Lipinski definition) is 3. The van der Waals surface area contributed by atoms with Crippen LogP contribution in [0.25, 0.3) is 11.4 Å². The summed E-state index contributed by atoms with van der Waals surface area (Å²) in [5.74, 6) is 0.791. The Hall–Kier alpha value is -1.74. The molecule has 0 aliphatic rings. The monoisotopic (exact) mass is 269 g/mol. The normalized spacial score (nSPS) is 12.3. The topological polar surface area (TPSA) is 37.8 Å². The fraction of sp³-hybridized carbons (Fsp3) is 0.412. The Bertz CT molecular complexity index is 534. The van der Waals surface area contributed by atoms with Crippen molar-refractivity contribution in [1.29, 1.82) is 0 Å². The number of benzene rings is 1. The Morgan fingerprint density at radius 2 is 1.95 bits per heavy atom. The van der Waals surface area contributed by atoms with E-state index in [1.54, 1.807) is 0 Å². The van der Waals surface area contributed by atoms with Gasteiger partial charge in [0.15, 0.2) is 5.82 Å². The average molecular weight is 269 g/mol. The molecule has 3 nitrogen and oxygen atoms in total. The Morgan fingerprint density at radius 1 is 1.20 bits per heavy atom. The van der Waals surface area contributed by atoms with Crippen LogP contribution < -0.4 is 5.32 Å². The number of rotatable bonds is 6. The van der Waals surface area contributed by atoms with E-state index in [1.165, 1.54) is 18.4 Å². The highest BCUT2D eigenvalue weighted by molar-refractivity contribution is 5.55. The molecule has 106 valence electrons. The van der Waals surface area contributed by atoms with E-state index >= 15 is 0 Å². The molecule has 1 aromatic carbocycles. The number of nitrogens with one attached hydrogen (secondary N) is 1. The van der Waals surface area contributed by atoms with Gasteiger partial charge in [0.05, 0.1) is 0 Å². The molecule has 1 N–H and O–H groups in total. The van der Waals surface area contributed by atoms with Crippen molar-refractivity contribution in [1.82, 2.24) is 15.3 Å². The van der Waals surface area contributed by atoms with Gasteiger partial charge in [-0.2, -0.15) is 0 Å². The molecule has 0 aliphatic carbocycles. The highest BCUT2D eigenvalue weighted by Crippen LogP contribution is 2.15. The van der Waals surface area contributed by atoms with Gasteiger partial charge in [0.2, 0.25) is 0 Å². The highest BCUT2D eigenvalue weighted by atomic mass is 14.9. The summed E-state index contributed by atoms with van der Waals surface area (Å²) in [7, 11) is 0. The maximum Gasteiger partial charge on any atom is 0.159 e. The molecule has 0 saturated carbocycles. The van der Waals surface area contributed by atoms with Crippen LogP contribution in [0.5, 0.6) is 0 Å². The third-order valence-electron chi connectivity index (χ3n) is 3.36. The number of nitrogens with zero attached hydrogens (tertiary/aromatic N) is 2. The first-order valence-corrected chi connectivity index (χ1v) is 7.30. The van der Waals surface area contributed by atoms with Gasteiger partial charge in [-0.15, -0.1) is 0 Å². The van der Waals surface area contributed by atoms with Crippen LogP contribution in [0.2, 0.25) is 0 Å². The summed E-state index contributed by atoms with van der Waals surface area (Å²) >= 11 is 0. The molecule has 0 unspecified atom stereocenters. The van der Waals surface area contributed by atoms with E-state index < -0.39 is 0 Å². The lowest BCUT2D eigenvalue weighted by Crippen LogP contribution is -2.25. The molecule has 0 aliphatic heterocycles. The van der Waals surface area contributed by atoms with E-state index in [0.717, 1.165) is 23.5 Å². The van der Waals surface area contributed by atoms with Crippen molar-refractivity contribution in [2.45, 2.75) is 46.2 Å². The summed E-state index contributed by atoms with van der Waals surface area (Å²) < 4.78 is 0. The molecule has 1 heterocycles. The van der Waals surface area contributed by atoms with Crippen molar-refractivity contribution in [2.24, 2.45) is 0 Å². The summed E-state index contributed by atoms with van der Waals surface area (Å²) in [6.07, 6.45) is 6.23. The molecule has 0 bridgehead atoms. The molecule has 1 aromatic heterocycles. The fourth-order valence-electron chi connectivity index (χ4n) is 2.21. The Morgan fingerprint density at radius 3 is 2.60 bits per heavy atom. The first-order chi connectivity index (χ1) is 9.69. The SMILES string of the molecule is CCC[C@H](C)NCc1cnc(-c2cccc(C)c2)nc1. The first-order valence-electron chi connectivity index (χ1n) is 7.30. The van der Waals surface area contributed by atoms with E-state index in [0.29, 0.717) is 6.04 Å². The Labute approximate surface area is 121 Å². The quantitative estimate of drug-likeness (QED) is 0.868. The molecule has 0 radical (unpaired) electrons. The van der Waals surface area contributed by atoms with Gasteiger partial charge < -0.3 is 5.32 Å². The lowest BCUT2D eigenvalue weighted by atomic mass is 10.1. The van der Waals surface area contributed by atoms with Crippen molar-refractivity contribution in [3.63, 3.8) is 0 Å². The molecule has 3 heteroatoms. The zero-order valence-electron chi connectivity index (χ0n) is 12.6.